The summed E-state index contributed by atoms with van der Waals surface area (Å²) < 4.78 is 0.781. The molecule has 0 aromatic rings. The lowest BCUT2D eigenvalue weighted by molar-refractivity contribution is -0.910. The number of rotatable bonds is 6. The Morgan fingerprint density at radius 3 is 1.67 bits per heavy atom. The van der Waals surface area contributed by atoms with Gasteiger partial charge in [0.2, 0.25) is 0 Å². The molecular weight excluding hydrogens is 178 g/mol. The molecule has 0 amide bonds. The molecule has 0 radical (unpaired) electrons. The molecule has 0 unspecified atom stereocenters. The van der Waals surface area contributed by atoms with Crippen molar-refractivity contribution in [2.24, 2.45) is 0 Å². The Hall–Kier alpha value is 0.170. The van der Waals surface area contributed by atoms with E-state index in [1.54, 1.807) is 0 Å². The zero-order valence-corrected chi connectivity index (χ0v) is 8.72. The van der Waals surface area contributed by atoms with Gasteiger partial charge in [-0.05, 0) is 6.42 Å². The summed E-state index contributed by atoms with van der Waals surface area (Å²) >= 11 is 0. The Kier molecular flexibility index (Phi) is 9.54. The van der Waals surface area contributed by atoms with Crippen LogP contribution in [0.3, 0.4) is 0 Å². The smallest absolute Gasteiger partial charge is 0.102 e. The lowest BCUT2D eigenvalue weighted by Crippen LogP contribution is -3.00. The molecule has 0 saturated heterocycles. The summed E-state index contributed by atoms with van der Waals surface area (Å²) in [7, 11) is 2.07. The molecule has 12 heavy (non-hydrogen) atoms. The molecule has 0 aromatic heterocycles. The highest BCUT2D eigenvalue weighted by molar-refractivity contribution is 4.37. The molecule has 0 rings (SSSR count). The van der Waals surface area contributed by atoms with Gasteiger partial charge in [0.25, 0.3) is 0 Å². The zero-order chi connectivity index (χ0) is 8.74. The minimum absolute atomic E-state index is 0. The molecule has 4 heteroatoms. The lowest BCUT2D eigenvalue weighted by atomic mass is 10.3. The summed E-state index contributed by atoms with van der Waals surface area (Å²) in [4.78, 5) is 0. The highest BCUT2D eigenvalue weighted by Gasteiger charge is 2.18. The van der Waals surface area contributed by atoms with Crippen LogP contribution < -0.4 is 12.4 Å². The van der Waals surface area contributed by atoms with E-state index < -0.39 is 0 Å². The van der Waals surface area contributed by atoms with Crippen molar-refractivity contribution in [1.29, 1.82) is 0 Å². The number of hydrogen-bond acceptors (Lipinski definition) is 2. The third-order valence-electron chi connectivity index (χ3n) is 2.04. The van der Waals surface area contributed by atoms with Crippen molar-refractivity contribution >= 4 is 0 Å². The van der Waals surface area contributed by atoms with E-state index in [1.807, 2.05) is 0 Å². The second-order valence-electron chi connectivity index (χ2n) is 3.24. The van der Waals surface area contributed by atoms with E-state index in [-0.39, 0.29) is 25.6 Å². The third-order valence-corrected chi connectivity index (χ3v) is 2.04. The van der Waals surface area contributed by atoms with Crippen molar-refractivity contribution in [1.82, 2.24) is 0 Å². The number of hydrogen-bond donors (Lipinski definition) is 2. The average Bonchev–Trinajstić information content (AvgIpc) is 1.88. The highest BCUT2D eigenvalue weighted by atomic mass is 35.5. The van der Waals surface area contributed by atoms with Gasteiger partial charge in [0.05, 0.1) is 26.8 Å². The van der Waals surface area contributed by atoms with Crippen LogP contribution in [0.1, 0.15) is 13.3 Å². The maximum atomic E-state index is 8.76. The van der Waals surface area contributed by atoms with E-state index in [0.29, 0.717) is 0 Å². The fourth-order valence-corrected chi connectivity index (χ4v) is 1.36. The van der Waals surface area contributed by atoms with Crippen molar-refractivity contribution in [3.63, 3.8) is 0 Å². The number of nitrogens with zero attached hydrogens (tertiary/aromatic N) is 1. The maximum Gasteiger partial charge on any atom is 0.102 e. The standard InChI is InChI=1S/C8H20NO2.ClH/c1-3-4-9(2,5-7-10)6-8-11;/h10-11H,3-8H2,1-2H3;1H/q+1;/p-1. The Balaban J connectivity index is 0. The van der Waals surface area contributed by atoms with Gasteiger partial charge in [0.15, 0.2) is 0 Å². The minimum Gasteiger partial charge on any atom is -1.00 e. The molecule has 0 fully saturated rings. The van der Waals surface area contributed by atoms with Crippen molar-refractivity contribution < 1.29 is 27.1 Å². The minimum atomic E-state index is 0. The number of quaternary nitrogens is 1. The number of likely N-dealkylation sites (N-methyl/N-ethyl adjacent to an activating group) is 1. The first-order chi connectivity index (χ1) is 5.18. The summed E-state index contributed by atoms with van der Waals surface area (Å²) in [6, 6.07) is 0. The molecule has 0 spiro atoms. The lowest BCUT2D eigenvalue weighted by Gasteiger charge is -2.32. The predicted molar refractivity (Wildman–Crippen MR) is 45.2 cm³/mol. The maximum absolute atomic E-state index is 8.76. The molecule has 0 atom stereocenters. The van der Waals surface area contributed by atoms with Crippen LogP contribution in [-0.4, -0.2) is 54.6 Å². The van der Waals surface area contributed by atoms with Crippen molar-refractivity contribution in [2.45, 2.75) is 13.3 Å². The third kappa shape index (κ3) is 5.77. The number of aliphatic hydroxyl groups is 2. The summed E-state index contributed by atoms with van der Waals surface area (Å²) in [6.45, 7) is 5.04. The van der Waals surface area contributed by atoms with Gasteiger partial charge in [-0.3, -0.25) is 0 Å². The van der Waals surface area contributed by atoms with Crippen LogP contribution in [0.25, 0.3) is 0 Å². The average molecular weight is 198 g/mol. The molecule has 3 nitrogen and oxygen atoms in total. The van der Waals surface area contributed by atoms with Gasteiger partial charge < -0.3 is 27.1 Å². The summed E-state index contributed by atoms with van der Waals surface area (Å²) in [6.07, 6.45) is 1.09. The van der Waals surface area contributed by atoms with Gasteiger partial charge in [0, 0.05) is 0 Å². The first-order valence-electron chi connectivity index (χ1n) is 4.24. The fourth-order valence-electron chi connectivity index (χ4n) is 1.36. The van der Waals surface area contributed by atoms with Crippen LogP contribution >= 0.6 is 0 Å². The molecular formula is C8H20ClNO2. The second kappa shape index (κ2) is 7.80. The van der Waals surface area contributed by atoms with E-state index in [9.17, 15) is 0 Å². The molecule has 0 bridgehead atoms. The molecule has 0 aliphatic rings. The molecule has 0 aromatic carbocycles. The Morgan fingerprint density at radius 2 is 1.42 bits per heavy atom. The van der Waals surface area contributed by atoms with E-state index in [2.05, 4.69) is 14.0 Å². The van der Waals surface area contributed by atoms with Gasteiger partial charge in [-0.2, -0.15) is 0 Å². The first-order valence-corrected chi connectivity index (χ1v) is 4.24. The molecule has 2 N–H and O–H groups in total. The van der Waals surface area contributed by atoms with E-state index in [1.165, 1.54) is 0 Å². The molecule has 0 aliphatic heterocycles. The van der Waals surface area contributed by atoms with Crippen LogP contribution in [0.2, 0.25) is 0 Å². The second-order valence-corrected chi connectivity index (χ2v) is 3.24. The van der Waals surface area contributed by atoms with Crippen LogP contribution in [0, 0.1) is 0 Å². The number of aliphatic hydroxyl groups excluding tert-OH is 2. The summed E-state index contributed by atoms with van der Waals surface area (Å²) in [5, 5.41) is 17.5. The van der Waals surface area contributed by atoms with E-state index in [0.717, 1.165) is 30.5 Å². The monoisotopic (exact) mass is 197 g/mol. The van der Waals surface area contributed by atoms with E-state index >= 15 is 0 Å². The van der Waals surface area contributed by atoms with Gasteiger partial charge in [0.1, 0.15) is 13.1 Å². The van der Waals surface area contributed by atoms with Crippen molar-refractivity contribution in [3.05, 3.63) is 0 Å². The SMILES string of the molecule is CCC[N+](C)(CCO)CCO.[Cl-]. The highest BCUT2D eigenvalue weighted by Crippen LogP contribution is 2.01. The quantitative estimate of drug-likeness (QED) is 0.442. The topological polar surface area (TPSA) is 40.5 Å². The molecule has 76 valence electrons. The van der Waals surface area contributed by atoms with Gasteiger partial charge in [-0.15, -0.1) is 0 Å². The number of halogens is 1. The normalized spacial score (nSPS) is 11.0. The molecule has 0 heterocycles. The van der Waals surface area contributed by atoms with Crippen LogP contribution in [0.5, 0.6) is 0 Å². The fraction of sp³-hybridized carbons (Fsp3) is 1.00. The van der Waals surface area contributed by atoms with E-state index in [4.69, 9.17) is 10.2 Å². The Morgan fingerprint density at radius 1 is 1.00 bits per heavy atom. The zero-order valence-electron chi connectivity index (χ0n) is 7.96. The summed E-state index contributed by atoms with van der Waals surface area (Å²) in [5.74, 6) is 0. The van der Waals surface area contributed by atoms with Crippen LogP contribution in [-0.2, 0) is 0 Å². The molecule has 0 saturated carbocycles. The summed E-state index contributed by atoms with van der Waals surface area (Å²) in [5.41, 5.74) is 0. The predicted octanol–water partition coefficient (Wildman–Crippen LogP) is -3.17. The van der Waals surface area contributed by atoms with Crippen molar-refractivity contribution in [3.8, 4) is 0 Å². The Bertz CT molecular complexity index is 84.0. The van der Waals surface area contributed by atoms with Crippen LogP contribution in [0.15, 0.2) is 0 Å². The van der Waals surface area contributed by atoms with Gasteiger partial charge in [-0.1, -0.05) is 6.92 Å². The first kappa shape index (κ1) is 14.7. The van der Waals surface area contributed by atoms with Gasteiger partial charge in [-0.25, -0.2) is 0 Å². The largest absolute Gasteiger partial charge is 1.00 e. The van der Waals surface area contributed by atoms with Crippen molar-refractivity contribution in [2.75, 3.05) is 39.9 Å². The molecule has 0 aliphatic carbocycles. The Labute approximate surface area is 81.0 Å². The van der Waals surface area contributed by atoms with Crippen LogP contribution in [0.4, 0.5) is 0 Å². The van der Waals surface area contributed by atoms with Gasteiger partial charge >= 0.3 is 0 Å².